The number of piperidine rings is 2. The van der Waals surface area contributed by atoms with Gasteiger partial charge in [0.2, 0.25) is 47.3 Å². The highest BCUT2D eigenvalue weighted by atomic mass is 16.3. The van der Waals surface area contributed by atoms with Gasteiger partial charge in [0.15, 0.2) is 34.7 Å². The summed E-state index contributed by atoms with van der Waals surface area (Å²) >= 11 is 0. The van der Waals surface area contributed by atoms with E-state index in [1.54, 1.807) is 78.5 Å². The number of ketones is 6. The quantitative estimate of drug-likeness (QED) is 0.0146. The number of aryl methyl sites for hydroxylation is 2. The van der Waals surface area contributed by atoms with E-state index in [1.165, 1.54) is 18.6 Å². The molecule has 10 fully saturated rings. The lowest BCUT2D eigenvalue weighted by molar-refractivity contribution is -0.145. The van der Waals surface area contributed by atoms with Crippen molar-refractivity contribution in [3.05, 3.63) is 125 Å². The molecule has 16 rings (SSSR count). The van der Waals surface area contributed by atoms with E-state index in [0.717, 1.165) is 152 Å². The molecule has 4 unspecified atom stereocenters. The Bertz CT molecular complexity index is 5120. The molecule has 16 atom stereocenters. The number of carbonyl (C=O) groups is 17. The Morgan fingerprint density at radius 3 is 1.26 bits per heavy atom. The van der Waals surface area contributed by atoms with Crippen LogP contribution in [0.2, 0.25) is 0 Å². The molecule has 2 aromatic carbocycles. The zero-order valence-corrected chi connectivity index (χ0v) is 87.0. The van der Waals surface area contributed by atoms with Gasteiger partial charge >= 0.3 is 0 Å². The fraction of sp³-hybridized carbons (Fsp3) is 0.643. The Morgan fingerprint density at radius 1 is 0.458 bits per heavy atom. The normalized spacial score (nSPS) is 23.1. The second-order valence-electron chi connectivity index (χ2n) is 43.4. The summed E-state index contributed by atoms with van der Waals surface area (Å²) in [5.74, 6) is -6.23. The SMILES string of the molecule is CC.CC.CCC[C@H](CC(=O)[C@@H]1[C@H]2CCC[C@H]2CN1C(=O)[C@@H](NC(=O)[C@@H](CC(=O)c1cnc(C)cn1)C1CCCCC1)C(C)(C)C)C(O)C(=O)CC1CC1.CCC[C@H](CC(=O)[C@@H]1[C@H]2CCC[C@H]2CN1C(=O)[C@@H](NC(=O)[C@@H](CC(=O)c1cnc(C)cn1)C1CCCCC1)C(C)(C)C)C(O)C(=O)CC1CC1.O=C1CCC(N2C(=O)c3cccc4cccc(c34)C2=O)C(=O)N1.O=C1CCC(NC(=O)c2ccccn2)C(=O)N1. The highest BCUT2D eigenvalue weighted by Gasteiger charge is 2.56. The van der Waals surface area contributed by atoms with Crippen LogP contribution < -0.4 is 26.6 Å². The van der Waals surface area contributed by atoms with Crippen LogP contribution in [0, 0.1) is 95.7 Å². The van der Waals surface area contributed by atoms with Gasteiger partial charge in [-0.15, -0.1) is 0 Å². The Kier molecular flexibility index (Phi) is 41.0. The Balaban J connectivity index is 0.000000195. The van der Waals surface area contributed by atoms with Crippen molar-refractivity contribution in [3.63, 3.8) is 0 Å². The van der Waals surface area contributed by atoms with Crippen molar-refractivity contribution >= 4 is 110 Å². The van der Waals surface area contributed by atoms with Crippen molar-refractivity contribution in [1.29, 1.82) is 0 Å². The number of likely N-dealkylation sites (tertiary alicyclic amines) is 2. The lowest BCUT2D eigenvalue weighted by Crippen LogP contribution is -2.58. The molecule has 11 amide bonds. The number of benzene rings is 2. The van der Waals surface area contributed by atoms with Crippen LogP contribution in [-0.2, 0) is 57.5 Å². The number of aromatic nitrogens is 5. The molecule has 3 aromatic heterocycles. The first kappa shape index (κ1) is 113. The summed E-state index contributed by atoms with van der Waals surface area (Å²) in [6.07, 6.45) is 28.7. The van der Waals surface area contributed by atoms with Crippen LogP contribution in [0.3, 0.4) is 0 Å². The van der Waals surface area contributed by atoms with Crippen LogP contribution in [0.15, 0.2) is 85.6 Å². The number of imide groups is 3. The summed E-state index contributed by atoms with van der Waals surface area (Å²) in [6.45, 7) is 28.0. The smallest absolute Gasteiger partial charge is 0.270 e. The van der Waals surface area contributed by atoms with E-state index in [1.807, 2.05) is 95.2 Å². The monoisotopic (exact) mass is 1990 g/mol. The number of rotatable bonds is 35. The van der Waals surface area contributed by atoms with Crippen LogP contribution in [0.25, 0.3) is 10.8 Å². The third-order valence-corrected chi connectivity index (χ3v) is 30.8. The number of fused-ring (bicyclic) bond motifs is 2. The Morgan fingerprint density at radius 2 is 0.882 bits per heavy atom. The molecule has 7 N–H and O–H groups in total. The van der Waals surface area contributed by atoms with Crippen LogP contribution in [0.1, 0.15) is 365 Å². The van der Waals surface area contributed by atoms with Gasteiger partial charge in [-0.05, 0) is 216 Å². The summed E-state index contributed by atoms with van der Waals surface area (Å²) in [5, 5.41) is 36.7. The van der Waals surface area contributed by atoms with Crippen molar-refractivity contribution in [1.82, 2.24) is 66.2 Å². The zero-order chi connectivity index (χ0) is 105. The maximum atomic E-state index is 14.7. The van der Waals surface area contributed by atoms with Gasteiger partial charge in [-0.25, -0.2) is 9.97 Å². The van der Waals surface area contributed by atoms with Crippen molar-refractivity contribution < 1.29 is 91.7 Å². The molecule has 32 heteroatoms. The minimum Gasteiger partial charge on any atom is -0.385 e. The number of hydrogen-bond donors (Lipinski definition) is 7. The van der Waals surface area contributed by atoms with Crippen molar-refractivity contribution in [2.24, 2.45) is 81.8 Å². The van der Waals surface area contributed by atoms with Crippen LogP contribution in [0.5, 0.6) is 0 Å². The van der Waals surface area contributed by atoms with Crippen molar-refractivity contribution in [2.75, 3.05) is 13.1 Å². The van der Waals surface area contributed by atoms with Gasteiger partial charge in [0.1, 0.15) is 53.5 Å². The second kappa shape index (κ2) is 52.2. The minimum absolute atomic E-state index is 0.00508. The number of aliphatic hydroxyl groups is 2. The van der Waals surface area contributed by atoms with E-state index in [0.29, 0.717) is 84.9 Å². The summed E-state index contributed by atoms with van der Waals surface area (Å²) < 4.78 is 0. The Labute approximate surface area is 847 Å². The van der Waals surface area contributed by atoms with Gasteiger partial charge in [-0.1, -0.05) is 178 Å². The second-order valence-corrected chi connectivity index (χ2v) is 43.4. The lowest BCUT2D eigenvalue weighted by atomic mass is 9.76. The van der Waals surface area contributed by atoms with E-state index in [2.05, 4.69) is 51.5 Å². The molecule has 0 radical (unpaired) electrons. The summed E-state index contributed by atoms with van der Waals surface area (Å²) in [4.78, 5) is 247. The number of amides is 11. The summed E-state index contributed by atoms with van der Waals surface area (Å²) in [6, 6.07) is 10.7. The average molecular weight is 1990 g/mol. The van der Waals surface area contributed by atoms with Gasteiger partial charge in [0, 0.05) is 111 Å². The minimum atomic E-state index is -1.17. The van der Waals surface area contributed by atoms with Crippen molar-refractivity contribution in [2.45, 2.75) is 364 Å². The lowest BCUT2D eigenvalue weighted by Gasteiger charge is -2.38. The molecular weight excluding hydrogens is 1830 g/mol. The maximum Gasteiger partial charge on any atom is 0.270 e. The topological polar surface area (TPSA) is 465 Å². The maximum absolute atomic E-state index is 14.7. The molecule has 32 nitrogen and oxygen atoms in total. The number of nitrogens with zero attached hydrogens (tertiary/aromatic N) is 8. The third kappa shape index (κ3) is 29.1. The first-order valence-corrected chi connectivity index (χ1v) is 53.4. The number of nitrogens with one attached hydrogen (secondary N) is 5. The molecule has 6 aliphatic carbocycles. The number of aliphatic hydroxyl groups excluding tert-OH is 2. The third-order valence-electron chi connectivity index (χ3n) is 30.8. The fourth-order valence-corrected chi connectivity index (χ4v) is 22.8. The van der Waals surface area contributed by atoms with Gasteiger partial charge in [0.05, 0.1) is 35.9 Å². The standard InChI is InChI=1S/2C40H60N4O6.C17H12N2O4.C11H11N3O3.2C2H6/c2*1-6-11-27(36(48)34(47)18-25-16-17-25)19-33(46)35-29-15-10-14-28(29)23-44(35)39(50)37(40(3,4)5)43-38(49)30(26-12-8-7-9-13-26)20-32(45)31-22-41-24(2)21-42-31;20-13-8-7-12(15(21)18-13)19-16(22)10-5-1-3-9-4-2-6-11(14(9)10)17(19)23;15-9-5-4-8(11(17)14-9)13-10(16)7-3-1-2-6-12-7;2*1-2/h2*21-22,25-30,35-37,48H,6-20,23H2,1-5H3,(H,43,49);1-6,12H,7-8H2,(H,18,20,21);1-3,6,8H,4-5H2,(H,13,16)(H,14,15,17);2*1-2H3/t2*27-,28+,29+,30+,35+,36?,37-;;;;/m11..../s1. The summed E-state index contributed by atoms with van der Waals surface area (Å²) in [7, 11) is 0. The van der Waals surface area contributed by atoms with E-state index in [4.69, 9.17) is 0 Å². The van der Waals surface area contributed by atoms with Gasteiger partial charge in [-0.3, -0.25) is 112 Å². The molecule has 144 heavy (non-hydrogen) atoms. The number of pyridine rings is 1. The van der Waals surface area contributed by atoms with Crippen LogP contribution >= 0.6 is 0 Å². The molecule has 5 aromatic rings. The molecule has 0 bridgehead atoms. The van der Waals surface area contributed by atoms with E-state index >= 15 is 0 Å². The molecule has 5 aliphatic heterocycles. The Hall–Kier alpha value is -11.3. The van der Waals surface area contributed by atoms with Crippen LogP contribution in [0.4, 0.5) is 0 Å². The molecule has 6 saturated carbocycles. The highest BCUT2D eigenvalue weighted by molar-refractivity contribution is 6.27. The molecular formula is C112H155N13O19. The predicted octanol–water partition coefficient (Wildman–Crippen LogP) is 14.5. The van der Waals surface area contributed by atoms with E-state index < -0.39 is 112 Å². The van der Waals surface area contributed by atoms with Gasteiger partial charge in [0.25, 0.3) is 17.7 Å². The van der Waals surface area contributed by atoms with Crippen LogP contribution in [-0.4, -0.2) is 211 Å². The number of Topliss-reactive ketones (excluding diaryl/α,β-unsaturated/α-hetero) is 6. The van der Waals surface area contributed by atoms with Crippen molar-refractivity contribution in [3.8, 4) is 0 Å². The largest absolute Gasteiger partial charge is 0.385 e. The summed E-state index contributed by atoms with van der Waals surface area (Å²) in [5.41, 5.74) is 1.60. The fourth-order valence-electron chi connectivity index (χ4n) is 22.8. The van der Waals surface area contributed by atoms with Gasteiger partial charge in [-0.2, -0.15) is 0 Å². The van der Waals surface area contributed by atoms with Gasteiger partial charge < -0.3 is 36.0 Å². The van der Waals surface area contributed by atoms with E-state index in [9.17, 15) is 91.7 Å². The number of hydrogen-bond acceptors (Lipinski definition) is 24. The highest BCUT2D eigenvalue weighted by Crippen LogP contribution is 2.48. The molecule has 8 heterocycles. The van der Waals surface area contributed by atoms with E-state index in [-0.39, 0.29) is 168 Å². The average Bonchev–Trinajstić information content (AvgIpc) is 1.25. The molecule has 11 aliphatic rings. The molecule has 782 valence electrons. The number of carbonyl (C=O) groups excluding carboxylic acids is 17. The zero-order valence-electron chi connectivity index (χ0n) is 87.0. The molecule has 4 saturated heterocycles. The predicted molar refractivity (Wildman–Crippen MR) is 541 cm³/mol. The first-order valence-electron chi connectivity index (χ1n) is 53.4. The first-order chi connectivity index (χ1) is 68.8. The molecule has 0 spiro atoms.